The molecule has 1 aromatic carbocycles. The summed E-state index contributed by atoms with van der Waals surface area (Å²) in [6.45, 7) is 4.96. The zero-order valence-electron chi connectivity index (χ0n) is 12.9. The number of hydrogen-bond acceptors (Lipinski definition) is 4. The Morgan fingerprint density at radius 2 is 1.76 bits per heavy atom. The molecule has 21 heavy (non-hydrogen) atoms. The van der Waals surface area contributed by atoms with E-state index in [1.165, 1.54) is 0 Å². The molecule has 0 aliphatic heterocycles. The van der Waals surface area contributed by atoms with Crippen LogP contribution in [0.2, 0.25) is 0 Å². The fraction of sp³-hybridized carbons (Fsp3) is 0.600. The van der Waals surface area contributed by atoms with Gasteiger partial charge >= 0.3 is 0 Å². The minimum absolute atomic E-state index is 0.0427. The van der Waals surface area contributed by atoms with Crippen molar-refractivity contribution >= 4 is 10.0 Å². The largest absolute Gasteiger partial charge is 0.392 e. The second kappa shape index (κ2) is 7.89. The molecule has 0 spiro atoms. The van der Waals surface area contributed by atoms with Gasteiger partial charge in [0.15, 0.2) is 0 Å². The lowest BCUT2D eigenvalue weighted by Crippen LogP contribution is -2.35. The smallest absolute Gasteiger partial charge is 0.215 e. The number of aliphatic hydroxyl groups excluding tert-OH is 1. The fourth-order valence-corrected chi connectivity index (χ4v) is 3.13. The lowest BCUT2D eigenvalue weighted by molar-refractivity contribution is 0.153. The van der Waals surface area contributed by atoms with Gasteiger partial charge in [-0.3, -0.25) is 0 Å². The second-order valence-corrected chi connectivity index (χ2v) is 7.77. The van der Waals surface area contributed by atoms with Gasteiger partial charge in [-0.05, 0) is 23.0 Å². The Kier molecular flexibility index (Phi) is 6.80. The molecule has 0 aliphatic rings. The molecular weight excluding hydrogens is 290 g/mol. The van der Waals surface area contributed by atoms with Crippen molar-refractivity contribution in [3.8, 4) is 0 Å². The van der Waals surface area contributed by atoms with Crippen molar-refractivity contribution < 1.29 is 18.3 Å². The predicted molar refractivity (Wildman–Crippen MR) is 83.3 cm³/mol. The van der Waals surface area contributed by atoms with Crippen LogP contribution in [-0.4, -0.2) is 33.8 Å². The van der Waals surface area contributed by atoms with E-state index < -0.39 is 10.0 Å². The Hall–Kier alpha value is -0.950. The quantitative estimate of drug-likeness (QED) is 0.727. The lowest BCUT2D eigenvalue weighted by atomic mass is 9.90. The Morgan fingerprint density at radius 3 is 2.29 bits per heavy atom. The zero-order chi connectivity index (χ0) is 15.9. The Labute approximate surface area is 127 Å². The van der Waals surface area contributed by atoms with Crippen LogP contribution < -0.4 is 4.72 Å². The maximum absolute atomic E-state index is 12.1. The zero-order valence-corrected chi connectivity index (χ0v) is 13.7. The van der Waals surface area contributed by atoms with Crippen molar-refractivity contribution in [3.05, 3.63) is 35.4 Å². The van der Waals surface area contributed by atoms with Crippen molar-refractivity contribution in [2.24, 2.45) is 5.41 Å². The summed E-state index contributed by atoms with van der Waals surface area (Å²) in [5.41, 5.74) is 1.32. The van der Waals surface area contributed by atoms with E-state index in [2.05, 4.69) is 4.72 Å². The normalized spacial score (nSPS) is 12.6. The maximum Gasteiger partial charge on any atom is 0.215 e. The van der Waals surface area contributed by atoms with Crippen molar-refractivity contribution in [1.29, 1.82) is 0 Å². The maximum atomic E-state index is 12.1. The molecule has 120 valence electrons. The molecule has 0 radical (unpaired) electrons. The van der Waals surface area contributed by atoms with Crippen LogP contribution >= 0.6 is 0 Å². The summed E-state index contributed by atoms with van der Waals surface area (Å²) in [6.07, 6.45) is 0.789. The van der Waals surface area contributed by atoms with E-state index in [1.807, 2.05) is 13.8 Å². The highest BCUT2D eigenvalue weighted by Gasteiger charge is 2.21. The molecular formula is C15H25NO4S. The Balaban J connectivity index is 2.56. The first kappa shape index (κ1) is 18.1. The fourth-order valence-electron chi connectivity index (χ4n) is 1.78. The van der Waals surface area contributed by atoms with Crippen molar-refractivity contribution in [2.45, 2.75) is 32.6 Å². The molecule has 1 rings (SSSR count). The molecule has 5 nitrogen and oxygen atoms in total. The SMILES string of the molecule is COCCC(C)(C)CNS(=O)(=O)Cc1ccc(CO)cc1. The van der Waals surface area contributed by atoms with Crippen LogP contribution in [0, 0.1) is 5.41 Å². The van der Waals surface area contributed by atoms with Crippen LogP contribution in [0.25, 0.3) is 0 Å². The van der Waals surface area contributed by atoms with E-state index >= 15 is 0 Å². The van der Waals surface area contributed by atoms with E-state index in [-0.39, 0.29) is 17.8 Å². The van der Waals surface area contributed by atoms with Crippen LogP contribution in [0.4, 0.5) is 0 Å². The molecule has 6 heteroatoms. The molecule has 0 aliphatic carbocycles. The number of nitrogens with one attached hydrogen (secondary N) is 1. The number of aliphatic hydroxyl groups is 1. The topological polar surface area (TPSA) is 75.6 Å². The summed E-state index contributed by atoms with van der Waals surface area (Å²) >= 11 is 0. The number of sulfonamides is 1. The van der Waals surface area contributed by atoms with Gasteiger partial charge in [0, 0.05) is 20.3 Å². The molecule has 2 N–H and O–H groups in total. The molecule has 0 aromatic heterocycles. The Morgan fingerprint density at radius 1 is 1.19 bits per heavy atom. The molecule has 0 fully saturated rings. The summed E-state index contributed by atoms with van der Waals surface area (Å²) < 4.78 is 31.8. The molecule has 0 amide bonds. The second-order valence-electron chi connectivity index (χ2n) is 5.96. The van der Waals surface area contributed by atoms with Gasteiger partial charge in [-0.15, -0.1) is 0 Å². The average molecular weight is 315 g/mol. The summed E-state index contributed by atoms with van der Waals surface area (Å²) in [6, 6.07) is 6.91. The van der Waals surface area contributed by atoms with Crippen LogP contribution in [0.15, 0.2) is 24.3 Å². The van der Waals surface area contributed by atoms with E-state index in [9.17, 15) is 8.42 Å². The third kappa shape index (κ3) is 7.04. The molecule has 0 heterocycles. The third-order valence-electron chi connectivity index (χ3n) is 3.32. The van der Waals surface area contributed by atoms with Gasteiger partial charge in [0.1, 0.15) is 0 Å². The van der Waals surface area contributed by atoms with Gasteiger partial charge in [-0.2, -0.15) is 0 Å². The summed E-state index contributed by atoms with van der Waals surface area (Å²) in [4.78, 5) is 0. The highest BCUT2D eigenvalue weighted by Crippen LogP contribution is 2.19. The molecule has 0 atom stereocenters. The van der Waals surface area contributed by atoms with Gasteiger partial charge in [0.05, 0.1) is 12.4 Å². The van der Waals surface area contributed by atoms with Gasteiger partial charge in [0.2, 0.25) is 10.0 Å². The van der Waals surface area contributed by atoms with Gasteiger partial charge in [-0.1, -0.05) is 38.1 Å². The molecule has 0 unspecified atom stereocenters. The summed E-state index contributed by atoms with van der Waals surface area (Å²) in [5.74, 6) is -0.0565. The van der Waals surface area contributed by atoms with Crippen molar-refractivity contribution in [3.63, 3.8) is 0 Å². The number of hydrogen-bond donors (Lipinski definition) is 2. The van der Waals surface area contributed by atoms with Crippen LogP contribution in [0.5, 0.6) is 0 Å². The predicted octanol–water partition coefficient (Wildman–Crippen LogP) is 1.66. The molecule has 0 saturated heterocycles. The standard InChI is InChI=1S/C15H25NO4S/c1-15(2,8-9-20-3)12-16-21(18,19)11-14-6-4-13(10-17)5-7-14/h4-7,16-17H,8-12H2,1-3H3. The molecule has 1 aromatic rings. The van der Waals surface area contributed by atoms with E-state index in [0.717, 1.165) is 12.0 Å². The highest BCUT2D eigenvalue weighted by molar-refractivity contribution is 7.88. The van der Waals surface area contributed by atoms with E-state index in [0.29, 0.717) is 18.7 Å². The third-order valence-corrected chi connectivity index (χ3v) is 4.61. The lowest BCUT2D eigenvalue weighted by Gasteiger charge is -2.24. The van der Waals surface area contributed by atoms with Gasteiger partial charge < -0.3 is 9.84 Å². The summed E-state index contributed by atoms with van der Waals surface area (Å²) in [5, 5.41) is 8.96. The van der Waals surface area contributed by atoms with E-state index in [4.69, 9.17) is 9.84 Å². The number of rotatable bonds is 9. The number of ether oxygens (including phenoxy) is 1. The molecule has 0 saturated carbocycles. The average Bonchev–Trinajstić information content (AvgIpc) is 2.44. The minimum Gasteiger partial charge on any atom is -0.392 e. The van der Waals surface area contributed by atoms with E-state index in [1.54, 1.807) is 31.4 Å². The van der Waals surface area contributed by atoms with Crippen molar-refractivity contribution in [2.75, 3.05) is 20.3 Å². The first-order valence-corrected chi connectivity index (χ1v) is 8.58. The van der Waals surface area contributed by atoms with Crippen LogP contribution in [-0.2, 0) is 27.1 Å². The number of benzene rings is 1. The monoisotopic (exact) mass is 315 g/mol. The van der Waals surface area contributed by atoms with Crippen LogP contribution in [0.3, 0.4) is 0 Å². The Bertz CT molecular complexity index is 523. The highest BCUT2D eigenvalue weighted by atomic mass is 32.2. The van der Waals surface area contributed by atoms with Gasteiger partial charge in [-0.25, -0.2) is 13.1 Å². The van der Waals surface area contributed by atoms with Crippen LogP contribution in [0.1, 0.15) is 31.4 Å². The first-order chi connectivity index (χ1) is 9.78. The minimum atomic E-state index is -3.37. The first-order valence-electron chi connectivity index (χ1n) is 6.93. The number of methoxy groups -OCH3 is 1. The van der Waals surface area contributed by atoms with Gasteiger partial charge in [0.25, 0.3) is 0 Å². The summed E-state index contributed by atoms with van der Waals surface area (Å²) in [7, 11) is -1.73. The molecule has 0 bridgehead atoms. The van der Waals surface area contributed by atoms with Crippen molar-refractivity contribution in [1.82, 2.24) is 4.72 Å².